The van der Waals surface area contributed by atoms with Crippen molar-refractivity contribution in [2.24, 2.45) is 0 Å². The summed E-state index contributed by atoms with van der Waals surface area (Å²) in [4.78, 5) is 26.9. The molecule has 3 rings (SSSR count). The molecule has 0 spiro atoms. The highest BCUT2D eigenvalue weighted by Gasteiger charge is 2.31. The van der Waals surface area contributed by atoms with Gasteiger partial charge in [-0.3, -0.25) is 14.5 Å². The highest BCUT2D eigenvalue weighted by molar-refractivity contribution is 8.19. The van der Waals surface area contributed by atoms with E-state index in [9.17, 15) is 14.7 Å². The third kappa shape index (κ3) is 4.90. The predicted molar refractivity (Wildman–Crippen MR) is 115 cm³/mol. The summed E-state index contributed by atoms with van der Waals surface area (Å²) >= 11 is 6.47. The van der Waals surface area contributed by atoms with Crippen molar-refractivity contribution in [2.45, 2.75) is 6.42 Å². The number of nitrogens with zero attached hydrogens (tertiary/aromatic N) is 1. The molecule has 0 aliphatic carbocycles. The minimum atomic E-state index is -0.237. The van der Waals surface area contributed by atoms with Gasteiger partial charge in [-0.15, -0.1) is 0 Å². The molecular formula is C20H18N2O4S2. The van der Waals surface area contributed by atoms with Crippen molar-refractivity contribution in [3.63, 3.8) is 0 Å². The number of rotatable bonds is 6. The average molecular weight is 415 g/mol. The maximum Gasteiger partial charge on any atom is 0.291 e. The summed E-state index contributed by atoms with van der Waals surface area (Å²) in [5.41, 5.74) is 1.48. The number of phenolic OH excluding ortho intramolecular Hbond substituents is 1. The number of aromatic hydroxyl groups is 1. The van der Waals surface area contributed by atoms with Crippen molar-refractivity contribution in [3.8, 4) is 11.5 Å². The number of ether oxygens (including phenoxy) is 1. The lowest BCUT2D eigenvalue weighted by Gasteiger charge is -2.14. The van der Waals surface area contributed by atoms with Gasteiger partial charge in [0.15, 0.2) is 0 Å². The maximum absolute atomic E-state index is 12.3. The lowest BCUT2D eigenvalue weighted by Crippen LogP contribution is -2.30. The van der Waals surface area contributed by atoms with Crippen molar-refractivity contribution in [2.75, 3.05) is 19.0 Å². The van der Waals surface area contributed by atoms with Crippen molar-refractivity contribution >= 4 is 51.9 Å². The van der Waals surface area contributed by atoms with Crippen LogP contribution < -0.4 is 10.1 Å². The Morgan fingerprint density at radius 1 is 1.21 bits per heavy atom. The summed E-state index contributed by atoms with van der Waals surface area (Å²) in [6, 6.07) is 13.6. The molecule has 0 radical (unpaired) electrons. The van der Waals surface area contributed by atoms with E-state index in [1.165, 1.54) is 17.0 Å². The molecule has 1 aliphatic rings. The first-order chi connectivity index (χ1) is 13.5. The van der Waals surface area contributed by atoms with E-state index in [1.807, 2.05) is 30.3 Å². The second-order valence-electron chi connectivity index (χ2n) is 5.95. The second kappa shape index (κ2) is 8.90. The van der Waals surface area contributed by atoms with E-state index in [1.54, 1.807) is 19.2 Å². The number of benzene rings is 2. The predicted octanol–water partition coefficient (Wildman–Crippen LogP) is 4.27. The van der Waals surface area contributed by atoms with Crippen LogP contribution in [-0.4, -0.2) is 39.8 Å². The van der Waals surface area contributed by atoms with Gasteiger partial charge in [-0.1, -0.05) is 24.4 Å². The Morgan fingerprint density at radius 3 is 2.54 bits per heavy atom. The van der Waals surface area contributed by atoms with Crippen LogP contribution in [0.1, 0.15) is 12.0 Å². The number of anilines is 1. The largest absolute Gasteiger partial charge is 0.508 e. The van der Waals surface area contributed by atoms with Crippen molar-refractivity contribution < 1.29 is 19.4 Å². The Balaban J connectivity index is 1.59. The fourth-order valence-corrected chi connectivity index (χ4v) is 3.82. The average Bonchev–Trinajstić information content (AvgIpc) is 2.95. The van der Waals surface area contributed by atoms with E-state index >= 15 is 0 Å². The number of nitrogens with one attached hydrogen (secondary N) is 1. The molecule has 1 saturated heterocycles. The highest BCUT2D eigenvalue weighted by atomic mass is 32.2. The standard InChI is InChI=1S/C20H18N2O4S2/c1-26-16-8-2-13(3-9-16)12-17-19(27)22(20(25)28-17)11-10-18(24)21-14-4-6-15(23)7-5-14/h2-9,12,23H,10-11H2,1H3,(H,21,24). The van der Waals surface area contributed by atoms with Gasteiger partial charge in [0.05, 0.1) is 12.0 Å². The molecule has 0 unspecified atom stereocenters. The zero-order valence-corrected chi connectivity index (χ0v) is 16.7. The van der Waals surface area contributed by atoms with Crippen LogP contribution >= 0.6 is 24.0 Å². The number of thiocarbonyl (C=S) groups is 1. The number of amides is 2. The van der Waals surface area contributed by atoms with Crippen LogP contribution in [0.4, 0.5) is 10.5 Å². The van der Waals surface area contributed by atoms with Crippen LogP contribution in [0.25, 0.3) is 6.08 Å². The second-order valence-corrected chi connectivity index (χ2v) is 7.33. The molecule has 0 atom stereocenters. The van der Waals surface area contributed by atoms with Gasteiger partial charge < -0.3 is 15.2 Å². The number of hydrogen-bond acceptors (Lipinski definition) is 6. The summed E-state index contributed by atoms with van der Waals surface area (Å²) in [5.74, 6) is 0.638. The number of thioether (sulfide) groups is 1. The van der Waals surface area contributed by atoms with Crippen molar-refractivity contribution in [1.82, 2.24) is 4.90 Å². The molecule has 0 bridgehead atoms. The molecule has 8 heteroatoms. The highest BCUT2D eigenvalue weighted by Crippen LogP contribution is 2.33. The van der Waals surface area contributed by atoms with Crippen LogP contribution in [0.5, 0.6) is 11.5 Å². The van der Waals surface area contributed by atoms with Gasteiger partial charge in [0, 0.05) is 18.7 Å². The quantitative estimate of drug-likeness (QED) is 0.418. The first-order valence-electron chi connectivity index (χ1n) is 8.44. The maximum atomic E-state index is 12.3. The number of carbonyl (C=O) groups is 2. The van der Waals surface area contributed by atoms with Gasteiger partial charge in [0.1, 0.15) is 16.5 Å². The summed E-state index contributed by atoms with van der Waals surface area (Å²) in [7, 11) is 1.60. The first-order valence-corrected chi connectivity index (χ1v) is 9.67. The Kier molecular flexibility index (Phi) is 6.33. The summed E-state index contributed by atoms with van der Waals surface area (Å²) in [6.07, 6.45) is 1.96. The molecule has 1 aliphatic heterocycles. The molecule has 0 aromatic heterocycles. The van der Waals surface area contributed by atoms with E-state index in [-0.39, 0.29) is 29.9 Å². The summed E-state index contributed by atoms with van der Waals surface area (Å²) in [5, 5.41) is 11.8. The molecule has 144 valence electrons. The number of carbonyl (C=O) groups excluding carboxylic acids is 2. The van der Waals surface area contributed by atoms with Crippen molar-refractivity contribution in [1.29, 1.82) is 0 Å². The molecule has 1 fully saturated rings. The molecule has 2 amide bonds. The Labute approximate surface area is 172 Å². The van der Waals surface area contributed by atoms with E-state index in [4.69, 9.17) is 17.0 Å². The summed E-state index contributed by atoms with van der Waals surface area (Å²) in [6.45, 7) is 0.203. The topological polar surface area (TPSA) is 78.9 Å². The van der Waals surface area contributed by atoms with Crippen LogP contribution in [0.2, 0.25) is 0 Å². The van der Waals surface area contributed by atoms with Crippen LogP contribution in [0, 0.1) is 0 Å². The number of methoxy groups -OCH3 is 1. The van der Waals surface area contributed by atoms with Crippen LogP contribution in [-0.2, 0) is 4.79 Å². The lowest BCUT2D eigenvalue weighted by molar-refractivity contribution is -0.116. The first kappa shape index (κ1) is 19.9. The fourth-order valence-electron chi connectivity index (χ4n) is 2.53. The van der Waals surface area contributed by atoms with Gasteiger partial charge >= 0.3 is 0 Å². The lowest BCUT2D eigenvalue weighted by atomic mass is 10.2. The van der Waals surface area contributed by atoms with Crippen molar-refractivity contribution in [3.05, 3.63) is 59.0 Å². The monoisotopic (exact) mass is 414 g/mol. The molecule has 2 aromatic rings. The number of phenols is 1. The molecule has 1 heterocycles. The molecular weight excluding hydrogens is 396 g/mol. The van der Waals surface area contributed by atoms with Gasteiger partial charge in [-0.05, 0) is 59.8 Å². The summed E-state index contributed by atoms with van der Waals surface area (Å²) < 4.78 is 5.13. The molecule has 0 saturated carbocycles. The van der Waals surface area contributed by atoms with Gasteiger partial charge in [0.2, 0.25) is 5.91 Å². The SMILES string of the molecule is COc1ccc(C=C2SC(=O)N(CCC(=O)Nc3ccc(O)cc3)C2=S)cc1. The van der Waals surface area contributed by atoms with E-state index in [0.717, 1.165) is 23.1 Å². The Bertz CT molecular complexity index is 924. The Morgan fingerprint density at radius 2 is 1.89 bits per heavy atom. The van der Waals surface area contributed by atoms with E-state index in [0.29, 0.717) is 15.6 Å². The van der Waals surface area contributed by atoms with Crippen LogP contribution in [0.15, 0.2) is 53.4 Å². The smallest absolute Gasteiger partial charge is 0.291 e. The molecule has 2 N–H and O–H groups in total. The van der Waals surface area contributed by atoms with Gasteiger partial charge in [0.25, 0.3) is 5.24 Å². The molecule has 28 heavy (non-hydrogen) atoms. The zero-order valence-electron chi connectivity index (χ0n) is 15.0. The van der Waals surface area contributed by atoms with E-state index < -0.39 is 0 Å². The Hall–Kier alpha value is -2.84. The molecule has 6 nitrogen and oxygen atoms in total. The fraction of sp³-hybridized carbons (Fsp3) is 0.150. The number of hydrogen-bond donors (Lipinski definition) is 2. The van der Waals surface area contributed by atoms with Gasteiger partial charge in [-0.2, -0.15) is 0 Å². The third-order valence-corrected chi connectivity index (χ3v) is 5.50. The van der Waals surface area contributed by atoms with Gasteiger partial charge in [-0.25, -0.2) is 0 Å². The minimum Gasteiger partial charge on any atom is -0.508 e. The molecule has 2 aromatic carbocycles. The minimum absolute atomic E-state index is 0.114. The normalized spacial score (nSPS) is 15.2. The van der Waals surface area contributed by atoms with Crippen LogP contribution in [0.3, 0.4) is 0 Å². The zero-order chi connectivity index (χ0) is 20.1. The third-order valence-electron chi connectivity index (χ3n) is 4.00. The van der Waals surface area contributed by atoms with E-state index in [2.05, 4.69) is 5.32 Å².